The number of nitrogens with one attached hydrogen (secondary N) is 1. The number of hydrogen-bond acceptors (Lipinski definition) is 5. The molecule has 1 aliphatic rings. The molecule has 1 fully saturated rings. The fourth-order valence-electron chi connectivity index (χ4n) is 1.93. The van der Waals surface area contributed by atoms with Crippen LogP contribution in [-0.4, -0.2) is 50.4 Å². The van der Waals surface area contributed by atoms with Crippen LogP contribution in [0.15, 0.2) is 41.8 Å². The van der Waals surface area contributed by atoms with E-state index in [2.05, 4.69) is 15.4 Å². The van der Waals surface area contributed by atoms with Gasteiger partial charge in [0.05, 0.1) is 11.4 Å². The number of benzene rings is 1. The van der Waals surface area contributed by atoms with Gasteiger partial charge >= 0.3 is 6.03 Å². The molecule has 8 heteroatoms. The van der Waals surface area contributed by atoms with Crippen molar-refractivity contribution in [2.75, 3.05) is 18.8 Å². The minimum atomic E-state index is -0.330. The topological polar surface area (TPSA) is 80.1 Å². The van der Waals surface area contributed by atoms with E-state index < -0.39 is 0 Å². The first-order chi connectivity index (χ1) is 10.2. The fraction of sp³-hybridized carbons (Fsp3) is 0.231. The molecule has 1 aromatic heterocycles. The maximum Gasteiger partial charge on any atom is 0.324 e. The van der Waals surface area contributed by atoms with Crippen molar-refractivity contribution in [1.29, 1.82) is 0 Å². The number of aromatic nitrogens is 3. The summed E-state index contributed by atoms with van der Waals surface area (Å²) in [5.41, 5.74) is 0.905. The van der Waals surface area contributed by atoms with Gasteiger partial charge in [0.1, 0.15) is 6.33 Å². The van der Waals surface area contributed by atoms with Crippen LogP contribution in [0, 0.1) is 0 Å². The second-order valence-electron chi connectivity index (χ2n) is 4.37. The van der Waals surface area contributed by atoms with Gasteiger partial charge in [-0.1, -0.05) is 30.0 Å². The Bertz CT molecular complexity index is 658. The Balaban J connectivity index is 1.60. The van der Waals surface area contributed by atoms with Crippen LogP contribution in [0.2, 0.25) is 0 Å². The van der Waals surface area contributed by atoms with Gasteiger partial charge in [-0.25, -0.2) is 14.5 Å². The standard InChI is InChI=1S/C13H13N5O2S/c19-11(17-7-6-14-13(17)20)8-21-12-15-9-18(16-12)10-4-2-1-3-5-10/h1-5,9H,6-8H2,(H,14,20). The summed E-state index contributed by atoms with van der Waals surface area (Å²) in [7, 11) is 0. The second-order valence-corrected chi connectivity index (χ2v) is 5.32. The first-order valence-corrected chi connectivity index (χ1v) is 7.41. The van der Waals surface area contributed by atoms with Gasteiger partial charge in [-0.05, 0) is 12.1 Å². The van der Waals surface area contributed by atoms with Crippen molar-refractivity contribution < 1.29 is 9.59 Å². The van der Waals surface area contributed by atoms with Crippen LogP contribution in [0.5, 0.6) is 0 Å². The number of hydrogen-bond donors (Lipinski definition) is 1. The number of urea groups is 1. The highest BCUT2D eigenvalue weighted by Gasteiger charge is 2.26. The van der Waals surface area contributed by atoms with Gasteiger partial charge in [0.15, 0.2) is 0 Å². The Morgan fingerprint density at radius 2 is 2.14 bits per heavy atom. The smallest absolute Gasteiger partial charge is 0.324 e. The Labute approximate surface area is 125 Å². The van der Waals surface area contributed by atoms with Crippen LogP contribution < -0.4 is 5.32 Å². The molecular formula is C13H13N5O2S. The van der Waals surface area contributed by atoms with Gasteiger partial charge in [0.25, 0.3) is 0 Å². The zero-order chi connectivity index (χ0) is 14.7. The van der Waals surface area contributed by atoms with Gasteiger partial charge in [-0.3, -0.25) is 9.69 Å². The van der Waals surface area contributed by atoms with Gasteiger partial charge in [0, 0.05) is 13.1 Å². The van der Waals surface area contributed by atoms with Gasteiger partial charge in [-0.15, -0.1) is 5.10 Å². The van der Waals surface area contributed by atoms with Crippen LogP contribution in [0.25, 0.3) is 5.69 Å². The largest absolute Gasteiger partial charge is 0.336 e. The minimum Gasteiger partial charge on any atom is -0.336 e. The summed E-state index contributed by atoms with van der Waals surface area (Å²) >= 11 is 1.22. The Morgan fingerprint density at radius 1 is 1.33 bits per heavy atom. The summed E-state index contributed by atoms with van der Waals surface area (Å²) < 4.78 is 1.65. The van der Waals surface area contributed by atoms with Crippen LogP contribution in [-0.2, 0) is 4.79 Å². The number of rotatable bonds is 4. The van der Waals surface area contributed by atoms with E-state index in [1.54, 1.807) is 11.0 Å². The summed E-state index contributed by atoms with van der Waals surface area (Å²) in [5.74, 6) is -0.0854. The summed E-state index contributed by atoms with van der Waals surface area (Å²) in [6, 6.07) is 9.27. The van der Waals surface area contributed by atoms with Crippen molar-refractivity contribution >= 4 is 23.7 Å². The number of carbonyl (C=O) groups excluding carboxylic acids is 2. The lowest BCUT2D eigenvalue weighted by atomic mass is 10.3. The molecule has 3 rings (SSSR count). The normalized spacial score (nSPS) is 14.3. The molecule has 2 heterocycles. The van der Waals surface area contributed by atoms with Gasteiger partial charge < -0.3 is 5.32 Å². The van der Waals surface area contributed by atoms with Crippen molar-refractivity contribution in [3.8, 4) is 5.69 Å². The molecule has 0 atom stereocenters. The van der Waals surface area contributed by atoms with Crippen molar-refractivity contribution in [2.45, 2.75) is 5.16 Å². The Hall–Kier alpha value is -2.35. The number of carbonyl (C=O) groups is 2. The van der Waals surface area contributed by atoms with Gasteiger partial charge in [-0.2, -0.15) is 0 Å². The van der Waals surface area contributed by atoms with E-state index in [0.717, 1.165) is 5.69 Å². The Kier molecular flexibility index (Phi) is 3.87. The first kappa shape index (κ1) is 13.6. The summed E-state index contributed by atoms with van der Waals surface area (Å²) in [6.07, 6.45) is 1.60. The summed E-state index contributed by atoms with van der Waals surface area (Å²) in [5, 5.41) is 7.40. The lowest BCUT2D eigenvalue weighted by Gasteiger charge is -2.10. The van der Waals surface area contributed by atoms with Crippen molar-refractivity contribution in [2.24, 2.45) is 0 Å². The molecule has 0 saturated carbocycles. The van der Waals surface area contributed by atoms with E-state index >= 15 is 0 Å². The number of thioether (sulfide) groups is 1. The molecule has 0 spiro atoms. The molecule has 1 aliphatic heterocycles. The molecule has 7 nitrogen and oxygen atoms in total. The van der Waals surface area contributed by atoms with Crippen LogP contribution in [0.3, 0.4) is 0 Å². The van der Waals surface area contributed by atoms with Crippen LogP contribution in [0.1, 0.15) is 0 Å². The molecule has 1 saturated heterocycles. The van der Waals surface area contributed by atoms with Crippen LogP contribution in [0.4, 0.5) is 4.79 Å². The van der Waals surface area contributed by atoms with E-state index in [1.807, 2.05) is 30.3 Å². The number of nitrogens with zero attached hydrogens (tertiary/aromatic N) is 4. The zero-order valence-corrected chi connectivity index (χ0v) is 11.9. The number of para-hydroxylation sites is 1. The average molecular weight is 303 g/mol. The monoisotopic (exact) mass is 303 g/mol. The van der Waals surface area contributed by atoms with Crippen molar-refractivity contribution in [1.82, 2.24) is 25.0 Å². The maximum absolute atomic E-state index is 11.9. The third kappa shape index (κ3) is 3.05. The molecular weight excluding hydrogens is 290 g/mol. The zero-order valence-electron chi connectivity index (χ0n) is 11.1. The van der Waals surface area contributed by atoms with E-state index in [9.17, 15) is 9.59 Å². The van der Waals surface area contributed by atoms with Crippen molar-refractivity contribution in [3.63, 3.8) is 0 Å². The highest BCUT2D eigenvalue weighted by Crippen LogP contribution is 2.15. The molecule has 21 heavy (non-hydrogen) atoms. The molecule has 0 bridgehead atoms. The minimum absolute atomic E-state index is 0.145. The molecule has 3 amide bonds. The molecule has 0 aliphatic carbocycles. The third-order valence-electron chi connectivity index (χ3n) is 2.97. The van der Waals surface area contributed by atoms with Crippen molar-refractivity contribution in [3.05, 3.63) is 36.7 Å². The summed E-state index contributed by atoms with van der Waals surface area (Å²) in [4.78, 5) is 28.6. The van der Waals surface area contributed by atoms with E-state index in [1.165, 1.54) is 16.7 Å². The fourth-order valence-corrected chi connectivity index (χ4v) is 2.61. The van der Waals surface area contributed by atoms with Gasteiger partial charge in [0.2, 0.25) is 11.1 Å². The molecule has 2 aromatic rings. The third-order valence-corrected chi connectivity index (χ3v) is 3.81. The predicted octanol–water partition coefficient (Wildman–Crippen LogP) is 0.911. The SMILES string of the molecule is O=C(CSc1ncn(-c2ccccc2)n1)N1CCNC1=O. The predicted molar refractivity (Wildman–Crippen MR) is 77.2 cm³/mol. The number of imide groups is 1. The quantitative estimate of drug-likeness (QED) is 0.849. The summed E-state index contributed by atoms with van der Waals surface area (Å²) in [6.45, 7) is 0.931. The molecule has 108 valence electrons. The van der Waals surface area contributed by atoms with E-state index in [4.69, 9.17) is 0 Å². The lowest BCUT2D eigenvalue weighted by molar-refractivity contribution is -0.124. The lowest BCUT2D eigenvalue weighted by Crippen LogP contribution is -2.35. The maximum atomic E-state index is 11.9. The molecule has 0 radical (unpaired) electrons. The first-order valence-electron chi connectivity index (χ1n) is 6.42. The van der Waals surface area contributed by atoms with E-state index in [0.29, 0.717) is 18.2 Å². The van der Waals surface area contributed by atoms with Crippen LogP contribution >= 0.6 is 11.8 Å². The molecule has 1 aromatic carbocycles. The average Bonchev–Trinajstić information content (AvgIpc) is 3.15. The molecule has 1 N–H and O–H groups in total. The van der Waals surface area contributed by atoms with E-state index in [-0.39, 0.29) is 17.7 Å². The second kappa shape index (κ2) is 5.96. The highest BCUT2D eigenvalue weighted by atomic mass is 32.2. The Morgan fingerprint density at radius 3 is 2.86 bits per heavy atom. The molecule has 0 unspecified atom stereocenters. The highest BCUT2D eigenvalue weighted by molar-refractivity contribution is 7.99. The number of amides is 3.